The monoisotopic (exact) mass is 372 g/mol. The Kier molecular flexibility index (Phi) is 5.88. The Bertz CT molecular complexity index is 842. The molecular weight excluding hydrogens is 352 g/mol. The van der Waals surface area contributed by atoms with Crippen molar-refractivity contribution >= 4 is 29.0 Å². The predicted octanol–water partition coefficient (Wildman–Crippen LogP) is 3.30. The van der Waals surface area contributed by atoms with Crippen LogP contribution in [0, 0.1) is 6.92 Å². The Morgan fingerprint density at radius 1 is 1.28 bits per heavy atom. The Hall–Kier alpha value is -2.12. The number of rotatable bonds is 7. The molecule has 5 nitrogen and oxygen atoms in total. The summed E-state index contributed by atoms with van der Waals surface area (Å²) in [7, 11) is 1.93. The van der Waals surface area contributed by atoms with E-state index in [4.69, 9.17) is 0 Å². The van der Waals surface area contributed by atoms with Gasteiger partial charge in [0, 0.05) is 29.4 Å². The van der Waals surface area contributed by atoms with E-state index in [0.29, 0.717) is 12.3 Å². The second kappa shape index (κ2) is 8.31. The van der Waals surface area contributed by atoms with Crippen LogP contribution in [0.2, 0.25) is 0 Å². The molecule has 130 valence electrons. The average molecular weight is 373 g/mol. The summed E-state index contributed by atoms with van der Waals surface area (Å²) in [5.74, 6) is 1.18. The van der Waals surface area contributed by atoms with Crippen LogP contribution in [0.15, 0.2) is 46.9 Å². The number of nitrogens with one attached hydrogen (secondary N) is 1. The summed E-state index contributed by atoms with van der Waals surface area (Å²) >= 11 is 3.10. The molecule has 2 aromatic heterocycles. The molecule has 25 heavy (non-hydrogen) atoms. The molecular formula is C18H20N4OS2. The van der Waals surface area contributed by atoms with Crippen molar-refractivity contribution in [1.29, 1.82) is 0 Å². The van der Waals surface area contributed by atoms with E-state index < -0.39 is 0 Å². The Labute approximate surface area is 155 Å². The maximum atomic E-state index is 12.0. The molecule has 0 unspecified atom stereocenters. The lowest BCUT2D eigenvalue weighted by Gasteiger charge is -2.05. The third kappa shape index (κ3) is 4.70. The van der Waals surface area contributed by atoms with Gasteiger partial charge in [0.25, 0.3) is 0 Å². The Morgan fingerprint density at radius 2 is 2.08 bits per heavy atom. The molecule has 2 heterocycles. The highest BCUT2D eigenvalue weighted by molar-refractivity contribution is 7.99. The smallest absolute Gasteiger partial charge is 0.230 e. The molecule has 0 spiro atoms. The van der Waals surface area contributed by atoms with Gasteiger partial charge in [-0.2, -0.15) is 0 Å². The summed E-state index contributed by atoms with van der Waals surface area (Å²) in [4.78, 5) is 13.3. The fraction of sp³-hybridized carbons (Fsp3) is 0.278. The van der Waals surface area contributed by atoms with Crippen LogP contribution in [0.3, 0.4) is 0 Å². The molecule has 1 N–H and O–H groups in total. The van der Waals surface area contributed by atoms with Gasteiger partial charge in [-0.1, -0.05) is 42.1 Å². The standard InChI is InChI=1S/C18H20N4OS2/c1-13-10-15(11-24-13)17-20-21-18(22(17)2)25-12-16(23)19-9-8-14-6-4-3-5-7-14/h3-7,10-11H,8-9,12H2,1-2H3,(H,19,23). The van der Waals surface area contributed by atoms with Gasteiger partial charge in [-0.15, -0.1) is 21.5 Å². The fourth-order valence-corrected chi connectivity index (χ4v) is 3.85. The topological polar surface area (TPSA) is 59.8 Å². The number of benzene rings is 1. The largest absolute Gasteiger partial charge is 0.355 e. The predicted molar refractivity (Wildman–Crippen MR) is 103 cm³/mol. The summed E-state index contributed by atoms with van der Waals surface area (Å²) in [6.45, 7) is 2.71. The first-order valence-electron chi connectivity index (χ1n) is 8.02. The van der Waals surface area contributed by atoms with Crippen molar-refractivity contribution in [2.24, 2.45) is 7.05 Å². The lowest BCUT2D eigenvalue weighted by atomic mass is 10.1. The maximum absolute atomic E-state index is 12.0. The zero-order valence-electron chi connectivity index (χ0n) is 14.2. The van der Waals surface area contributed by atoms with Crippen molar-refractivity contribution in [2.45, 2.75) is 18.5 Å². The molecule has 3 aromatic rings. The van der Waals surface area contributed by atoms with Crippen molar-refractivity contribution < 1.29 is 4.79 Å². The molecule has 0 saturated carbocycles. The number of aromatic nitrogens is 3. The number of hydrogen-bond acceptors (Lipinski definition) is 5. The fourth-order valence-electron chi connectivity index (χ4n) is 2.42. The molecule has 1 aromatic carbocycles. The first kappa shape index (κ1) is 17.7. The minimum absolute atomic E-state index is 0.0110. The highest BCUT2D eigenvalue weighted by Crippen LogP contribution is 2.26. The van der Waals surface area contributed by atoms with E-state index in [1.165, 1.54) is 22.2 Å². The molecule has 0 radical (unpaired) electrons. The minimum Gasteiger partial charge on any atom is -0.355 e. The second-order valence-corrected chi connectivity index (χ2v) is 7.74. The molecule has 0 saturated heterocycles. The van der Waals surface area contributed by atoms with Crippen molar-refractivity contribution in [3.05, 3.63) is 52.2 Å². The molecule has 0 atom stereocenters. The normalized spacial score (nSPS) is 10.8. The summed E-state index contributed by atoms with van der Waals surface area (Å²) in [6, 6.07) is 12.2. The third-order valence-corrected chi connectivity index (χ3v) is 5.62. The summed E-state index contributed by atoms with van der Waals surface area (Å²) in [5.41, 5.74) is 2.29. The zero-order valence-corrected chi connectivity index (χ0v) is 15.9. The maximum Gasteiger partial charge on any atom is 0.230 e. The van der Waals surface area contributed by atoms with E-state index >= 15 is 0 Å². The molecule has 0 bridgehead atoms. The Morgan fingerprint density at radius 3 is 2.80 bits per heavy atom. The molecule has 3 rings (SSSR count). The van der Waals surface area contributed by atoms with Crippen LogP contribution < -0.4 is 5.32 Å². The van der Waals surface area contributed by atoms with Crippen LogP contribution >= 0.6 is 23.1 Å². The number of thioether (sulfide) groups is 1. The van der Waals surface area contributed by atoms with E-state index in [1.54, 1.807) is 11.3 Å². The van der Waals surface area contributed by atoms with Gasteiger partial charge in [0.1, 0.15) is 0 Å². The summed E-state index contributed by atoms with van der Waals surface area (Å²) in [5, 5.41) is 14.2. The molecule has 0 aliphatic heterocycles. The van der Waals surface area contributed by atoms with Crippen LogP contribution in [0.25, 0.3) is 11.4 Å². The number of aryl methyl sites for hydroxylation is 1. The number of carbonyl (C=O) groups is 1. The molecule has 0 fully saturated rings. The number of nitrogens with zero attached hydrogens (tertiary/aromatic N) is 3. The zero-order chi connectivity index (χ0) is 17.6. The van der Waals surface area contributed by atoms with E-state index in [-0.39, 0.29) is 5.91 Å². The highest BCUT2D eigenvalue weighted by atomic mass is 32.2. The lowest BCUT2D eigenvalue weighted by Crippen LogP contribution is -2.27. The Balaban J connectivity index is 1.48. The van der Waals surface area contributed by atoms with Crippen LogP contribution in [0.4, 0.5) is 0 Å². The van der Waals surface area contributed by atoms with Gasteiger partial charge < -0.3 is 9.88 Å². The van der Waals surface area contributed by atoms with Crippen LogP contribution in [0.1, 0.15) is 10.4 Å². The summed E-state index contributed by atoms with van der Waals surface area (Å²) < 4.78 is 1.93. The molecule has 1 amide bonds. The van der Waals surface area contributed by atoms with Crippen molar-refractivity contribution in [1.82, 2.24) is 20.1 Å². The van der Waals surface area contributed by atoms with Gasteiger partial charge in [0.15, 0.2) is 11.0 Å². The van der Waals surface area contributed by atoms with Crippen molar-refractivity contribution in [3.8, 4) is 11.4 Å². The van der Waals surface area contributed by atoms with Gasteiger partial charge in [-0.25, -0.2) is 0 Å². The van der Waals surface area contributed by atoms with Gasteiger partial charge in [0.05, 0.1) is 5.75 Å². The van der Waals surface area contributed by atoms with Gasteiger partial charge in [0.2, 0.25) is 5.91 Å². The van der Waals surface area contributed by atoms with E-state index in [0.717, 1.165) is 23.0 Å². The van der Waals surface area contributed by atoms with Crippen molar-refractivity contribution in [3.63, 3.8) is 0 Å². The van der Waals surface area contributed by atoms with Crippen LogP contribution in [0.5, 0.6) is 0 Å². The third-order valence-electron chi connectivity index (χ3n) is 3.73. The van der Waals surface area contributed by atoms with Crippen molar-refractivity contribution in [2.75, 3.05) is 12.3 Å². The number of amides is 1. The number of thiophene rings is 1. The average Bonchev–Trinajstić information content (AvgIpc) is 3.19. The van der Waals surface area contributed by atoms with E-state index in [1.807, 2.05) is 29.8 Å². The highest BCUT2D eigenvalue weighted by Gasteiger charge is 2.13. The first-order valence-corrected chi connectivity index (χ1v) is 9.88. The number of hydrogen-bond donors (Lipinski definition) is 1. The van der Waals surface area contributed by atoms with Gasteiger partial charge in [-0.05, 0) is 25.0 Å². The van der Waals surface area contributed by atoms with Crippen LogP contribution in [-0.2, 0) is 18.3 Å². The van der Waals surface area contributed by atoms with Gasteiger partial charge >= 0.3 is 0 Å². The second-order valence-electron chi connectivity index (χ2n) is 5.69. The lowest BCUT2D eigenvalue weighted by molar-refractivity contribution is -0.118. The summed E-state index contributed by atoms with van der Waals surface area (Å²) in [6.07, 6.45) is 0.836. The number of carbonyl (C=O) groups excluding carboxylic acids is 1. The van der Waals surface area contributed by atoms with E-state index in [9.17, 15) is 4.79 Å². The molecule has 0 aliphatic rings. The SMILES string of the molecule is Cc1cc(-c2nnc(SCC(=O)NCCc3ccccc3)n2C)cs1. The minimum atomic E-state index is 0.0110. The quantitative estimate of drug-likeness (QED) is 0.647. The van der Waals surface area contributed by atoms with Gasteiger partial charge in [-0.3, -0.25) is 4.79 Å². The van der Waals surface area contributed by atoms with Crippen LogP contribution in [-0.4, -0.2) is 33.0 Å². The molecule has 0 aliphatic carbocycles. The van der Waals surface area contributed by atoms with E-state index in [2.05, 4.69) is 46.0 Å². The first-order chi connectivity index (χ1) is 12.1. The molecule has 7 heteroatoms.